The minimum Gasteiger partial charge on any atom is -0.328 e. The van der Waals surface area contributed by atoms with Crippen molar-refractivity contribution < 1.29 is 4.79 Å². The van der Waals surface area contributed by atoms with E-state index in [4.69, 9.17) is 5.73 Å². The van der Waals surface area contributed by atoms with E-state index < -0.39 is 0 Å². The third-order valence-corrected chi connectivity index (χ3v) is 2.49. The fraction of sp³-hybridized carbons (Fsp3) is 0.231. The summed E-state index contributed by atoms with van der Waals surface area (Å²) in [5.74, 6) is 0.0896. The van der Waals surface area contributed by atoms with Gasteiger partial charge in [0.1, 0.15) is 0 Å². The van der Waals surface area contributed by atoms with Crippen molar-refractivity contribution in [1.82, 2.24) is 4.98 Å². The summed E-state index contributed by atoms with van der Waals surface area (Å²) in [6, 6.07) is 7.42. The molecular weight excluding hydrogens is 200 g/mol. The standard InChI is InChI=1S/C13H14N2O/c1-9(14)7-13(16)12-4-2-3-10-8-15-6-5-11(10)12/h2-6,8-9H,7,14H2,1H3. The summed E-state index contributed by atoms with van der Waals surface area (Å²) in [5, 5.41) is 1.93. The van der Waals surface area contributed by atoms with E-state index in [2.05, 4.69) is 4.98 Å². The Labute approximate surface area is 94.3 Å². The van der Waals surface area contributed by atoms with Crippen LogP contribution in [0.2, 0.25) is 0 Å². The maximum absolute atomic E-state index is 12.0. The first-order valence-electron chi connectivity index (χ1n) is 5.30. The zero-order chi connectivity index (χ0) is 11.5. The smallest absolute Gasteiger partial charge is 0.165 e. The highest BCUT2D eigenvalue weighted by molar-refractivity contribution is 6.08. The van der Waals surface area contributed by atoms with Crippen LogP contribution in [0.25, 0.3) is 10.8 Å². The number of nitrogens with two attached hydrogens (primary N) is 1. The molecule has 0 saturated carbocycles. The van der Waals surface area contributed by atoms with Crippen LogP contribution in [0.5, 0.6) is 0 Å². The number of nitrogens with zero attached hydrogens (tertiary/aromatic N) is 1. The van der Waals surface area contributed by atoms with Crippen molar-refractivity contribution in [1.29, 1.82) is 0 Å². The molecule has 3 nitrogen and oxygen atoms in total. The molecule has 82 valence electrons. The lowest BCUT2D eigenvalue weighted by Gasteiger charge is -2.07. The number of pyridine rings is 1. The summed E-state index contributed by atoms with van der Waals surface area (Å²) in [6.07, 6.45) is 3.84. The Kier molecular flexibility index (Phi) is 2.97. The molecule has 3 heteroatoms. The van der Waals surface area contributed by atoms with Crippen molar-refractivity contribution in [3.63, 3.8) is 0 Å². The van der Waals surface area contributed by atoms with Crippen LogP contribution >= 0.6 is 0 Å². The Bertz CT molecular complexity index is 515. The van der Waals surface area contributed by atoms with E-state index in [0.717, 1.165) is 16.3 Å². The van der Waals surface area contributed by atoms with Crippen molar-refractivity contribution in [2.45, 2.75) is 19.4 Å². The number of fused-ring (bicyclic) bond motifs is 1. The first kappa shape index (κ1) is 10.8. The van der Waals surface area contributed by atoms with Crippen LogP contribution in [-0.2, 0) is 0 Å². The van der Waals surface area contributed by atoms with Crippen LogP contribution < -0.4 is 5.73 Å². The van der Waals surface area contributed by atoms with Gasteiger partial charge in [-0.2, -0.15) is 0 Å². The Morgan fingerprint density at radius 2 is 2.25 bits per heavy atom. The summed E-state index contributed by atoms with van der Waals surface area (Å²) in [7, 11) is 0. The third kappa shape index (κ3) is 2.09. The van der Waals surface area contributed by atoms with E-state index >= 15 is 0 Å². The molecule has 16 heavy (non-hydrogen) atoms. The van der Waals surface area contributed by atoms with Gasteiger partial charge in [-0.1, -0.05) is 18.2 Å². The Hall–Kier alpha value is -1.74. The lowest BCUT2D eigenvalue weighted by atomic mass is 9.99. The van der Waals surface area contributed by atoms with Crippen LogP contribution in [-0.4, -0.2) is 16.8 Å². The van der Waals surface area contributed by atoms with Gasteiger partial charge in [0.05, 0.1) is 0 Å². The first-order chi connectivity index (χ1) is 7.68. The van der Waals surface area contributed by atoms with Gasteiger partial charge in [-0.15, -0.1) is 0 Å². The Morgan fingerprint density at radius 3 is 3.00 bits per heavy atom. The second kappa shape index (κ2) is 4.41. The topological polar surface area (TPSA) is 56.0 Å². The highest BCUT2D eigenvalue weighted by Gasteiger charge is 2.11. The average molecular weight is 214 g/mol. The third-order valence-electron chi connectivity index (χ3n) is 2.49. The zero-order valence-corrected chi connectivity index (χ0v) is 9.18. The number of benzene rings is 1. The van der Waals surface area contributed by atoms with Crippen molar-refractivity contribution in [3.05, 3.63) is 42.2 Å². The van der Waals surface area contributed by atoms with Gasteiger partial charge >= 0.3 is 0 Å². The molecule has 0 bridgehead atoms. The van der Waals surface area contributed by atoms with Gasteiger partial charge in [0.25, 0.3) is 0 Å². The zero-order valence-electron chi connectivity index (χ0n) is 9.18. The van der Waals surface area contributed by atoms with Crippen LogP contribution in [0.4, 0.5) is 0 Å². The number of hydrogen-bond donors (Lipinski definition) is 1. The highest BCUT2D eigenvalue weighted by atomic mass is 16.1. The van der Waals surface area contributed by atoms with Gasteiger partial charge in [0, 0.05) is 35.8 Å². The van der Waals surface area contributed by atoms with Crippen LogP contribution in [0.1, 0.15) is 23.7 Å². The predicted octanol–water partition coefficient (Wildman–Crippen LogP) is 2.15. The van der Waals surface area contributed by atoms with Gasteiger partial charge < -0.3 is 5.73 Å². The van der Waals surface area contributed by atoms with E-state index in [1.54, 1.807) is 12.4 Å². The molecule has 0 aliphatic heterocycles. The van der Waals surface area contributed by atoms with Crippen LogP contribution in [0, 0.1) is 0 Å². The van der Waals surface area contributed by atoms with E-state index in [-0.39, 0.29) is 11.8 Å². The molecule has 2 rings (SSSR count). The monoisotopic (exact) mass is 214 g/mol. The fourth-order valence-corrected chi connectivity index (χ4v) is 1.77. The minimum atomic E-state index is -0.107. The lowest BCUT2D eigenvalue weighted by molar-refractivity contribution is 0.0978. The number of rotatable bonds is 3. The molecule has 0 aliphatic carbocycles. The average Bonchev–Trinajstić information content (AvgIpc) is 2.27. The largest absolute Gasteiger partial charge is 0.328 e. The number of ketones is 1. The van der Waals surface area contributed by atoms with Crippen molar-refractivity contribution >= 4 is 16.6 Å². The second-order valence-corrected chi connectivity index (χ2v) is 4.01. The minimum absolute atomic E-state index is 0.0896. The Balaban J connectivity index is 2.48. The van der Waals surface area contributed by atoms with Crippen LogP contribution in [0.15, 0.2) is 36.7 Å². The Morgan fingerprint density at radius 1 is 1.44 bits per heavy atom. The van der Waals surface area contributed by atoms with E-state index in [0.29, 0.717) is 6.42 Å². The molecule has 1 aromatic carbocycles. The SMILES string of the molecule is CC(N)CC(=O)c1cccc2cnccc12. The molecule has 0 aliphatic rings. The lowest BCUT2D eigenvalue weighted by Crippen LogP contribution is -2.19. The molecule has 1 unspecified atom stereocenters. The summed E-state index contributed by atoms with van der Waals surface area (Å²) in [5.41, 5.74) is 6.38. The van der Waals surface area contributed by atoms with E-state index in [1.807, 2.05) is 31.2 Å². The van der Waals surface area contributed by atoms with Gasteiger partial charge in [0.15, 0.2) is 5.78 Å². The summed E-state index contributed by atoms with van der Waals surface area (Å²) in [6.45, 7) is 1.84. The number of hydrogen-bond acceptors (Lipinski definition) is 3. The molecular formula is C13H14N2O. The van der Waals surface area contributed by atoms with Gasteiger partial charge in [-0.25, -0.2) is 0 Å². The molecule has 0 saturated heterocycles. The molecule has 2 N–H and O–H groups in total. The van der Waals surface area contributed by atoms with E-state index in [9.17, 15) is 4.79 Å². The van der Waals surface area contributed by atoms with Crippen molar-refractivity contribution in [2.24, 2.45) is 5.73 Å². The van der Waals surface area contributed by atoms with Crippen molar-refractivity contribution in [3.8, 4) is 0 Å². The first-order valence-corrected chi connectivity index (χ1v) is 5.30. The number of carbonyl (C=O) groups excluding carboxylic acids is 1. The van der Waals surface area contributed by atoms with Crippen molar-refractivity contribution in [2.75, 3.05) is 0 Å². The summed E-state index contributed by atoms with van der Waals surface area (Å²) < 4.78 is 0. The maximum Gasteiger partial charge on any atom is 0.165 e. The van der Waals surface area contributed by atoms with Gasteiger partial charge in [-0.05, 0) is 18.4 Å². The summed E-state index contributed by atoms with van der Waals surface area (Å²) >= 11 is 0. The number of Topliss-reactive ketones (excluding diaryl/α,β-unsaturated/α-hetero) is 1. The molecule has 2 aromatic rings. The molecule has 0 amide bonds. The maximum atomic E-state index is 12.0. The molecule has 0 fully saturated rings. The summed E-state index contributed by atoms with van der Waals surface area (Å²) in [4.78, 5) is 16.0. The molecule has 0 radical (unpaired) electrons. The van der Waals surface area contributed by atoms with E-state index in [1.165, 1.54) is 0 Å². The molecule has 1 aromatic heterocycles. The second-order valence-electron chi connectivity index (χ2n) is 4.01. The number of carbonyl (C=O) groups is 1. The molecule has 1 atom stereocenters. The van der Waals surface area contributed by atoms with Crippen LogP contribution in [0.3, 0.4) is 0 Å². The van der Waals surface area contributed by atoms with Gasteiger partial charge in [0.2, 0.25) is 0 Å². The normalized spacial score (nSPS) is 12.6. The number of aromatic nitrogens is 1. The fourth-order valence-electron chi connectivity index (χ4n) is 1.77. The quantitative estimate of drug-likeness (QED) is 0.796. The molecule has 1 heterocycles. The van der Waals surface area contributed by atoms with Gasteiger partial charge in [-0.3, -0.25) is 9.78 Å². The molecule has 0 spiro atoms. The predicted molar refractivity (Wildman–Crippen MR) is 64.3 cm³/mol. The highest BCUT2D eigenvalue weighted by Crippen LogP contribution is 2.19.